The molecule has 0 bridgehead atoms. The molecule has 0 saturated carbocycles. The molecule has 0 fully saturated rings. The van der Waals surface area contributed by atoms with Crippen LogP contribution < -0.4 is 9.47 Å². The molecule has 1 aromatic heterocycles. The molecule has 0 aliphatic rings. The van der Waals surface area contributed by atoms with Gasteiger partial charge in [-0.05, 0) is 73.7 Å². The number of ether oxygens (including phenoxy) is 2. The van der Waals surface area contributed by atoms with Crippen LogP contribution in [0.2, 0.25) is 0 Å². The smallest absolute Gasteiger partial charge is 0.221 e. The molecule has 0 amide bonds. The zero-order chi connectivity index (χ0) is 20.9. The second-order valence-corrected chi connectivity index (χ2v) is 11.4. The van der Waals surface area contributed by atoms with Gasteiger partial charge < -0.3 is 9.47 Å². The molecule has 0 spiro atoms. The van der Waals surface area contributed by atoms with Crippen LogP contribution in [-0.2, 0) is 10.9 Å². The lowest BCUT2D eigenvalue weighted by Gasteiger charge is -2.07. The van der Waals surface area contributed by atoms with Crippen molar-refractivity contribution >= 4 is 34.0 Å². The molecular formula is C25H23O2S3+. The Bertz CT molecular complexity index is 1040. The molecule has 0 saturated heterocycles. The van der Waals surface area contributed by atoms with Crippen LogP contribution in [0.4, 0.5) is 0 Å². The molecule has 3 aromatic carbocycles. The van der Waals surface area contributed by atoms with Crippen molar-refractivity contribution in [3.63, 3.8) is 0 Å². The Kier molecular flexibility index (Phi) is 6.72. The van der Waals surface area contributed by atoms with E-state index in [9.17, 15) is 0 Å². The molecule has 4 rings (SSSR count). The summed E-state index contributed by atoms with van der Waals surface area (Å²) in [5, 5.41) is 0. The Morgan fingerprint density at radius 3 is 1.70 bits per heavy atom. The van der Waals surface area contributed by atoms with E-state index in [1.807, 2.05) is 47.4 Å². The van der Waals surface area contributed by atoms with Crippen LogP contribution in [0.3, 0.4) is 0 Å². The van der Waals surface area contributed by atoms with Crippen molar-refractivity contribution in [2.24, 2.45) is 0 Å². The van der Waals surface area contributed by atoms with Gasteiger partial charge in [-0.1, -0.05) is 40.8 Å². The van der Waals surface area contributed by atoms with Crippen LogP contribution >= 0.6 is 23.1 Å². The number of methoxy groups -OCH3 is 2. The normalized spacial score (nSPS) is 10.9. The van der Waals surface area contributed by atoms with Gasteiger partial charge in [0.2, 0.25) is 4.21 Å². The maximum absolute atomic E-state index is 5.36. The third-order valence-electron chi connectivity index (χ3n) is 4.59. The summed E-state index contributed by atoms with van der Waals surface area (Å²) in [5.41, 5.74) is 1.28. The molecule has 0 unspecified atom stereocenters. The third kappa shape index (κ3) is 4.86. The van der Waals surface area contributed by atoms with E-state index in [4.69, 9.17) is 9.47 Å². The Hall–Kier alpha value is -2.34. The van der Waals surface area contributed by atoms with Crippen LogP contribution in [-0.4, -0.2) is 14.2 Å². The predicted molar refractivity (Wildman–Crippen MR) is 128 cm³/mol. The van der Waals surface area contributed by atoms with Gasteiger partial charge in [-0.2, -0.15) is 0 Å². The van der Waals surface area contributed by atoms with Gasteiger partial charge in [0.1, 0.15) is 22.4 Å². The molecule has 0 radical (unpaired) electrons. The summed E-state index contributed by atoms with van der Waals surface area (Å²) in [6.07, 6.45) is 0. The van der Waals surface area contributed by atoms with E-state index < -0.39 is 0 Å². The van der Waals surface area contributed by atoms with Gasteiger partial charge in [-0.25, -0.2) is 0 Å². The van der Waals surface area contributed by atoms with E-state index >= 15 is 0 Å². The fourth-order valence-electron chi connectivity index (χ4n) is 2.98. The van der Waals surface area contributed by atoms with Crippen molar-refractivity contribution < 1.29 is 9.47 Å². The topological polar surface area (TPSA) is 18.5 Å². The number of benzene rings is 3. The van der Waals surface area contributed by atoms with Gasteiger partial charge in [-0.15, -0.1) is 0 Å². The zero-order valence-corrected chi connectivity index (χ0v) is 19.6. The average Bonchev–Trinajstić information content (AvgIpc) is 3.24. The zero-order valence-electron chi connectivity index (χ0n) is 17.1. The number of thiophene rings is 1. The van der Waals surface area contributed by atoms with E-state index in [2.05, 4.69) is 67.6 Å². The molecule has 2 nitrogen and oxygen atoms in total. The molecule has 0 N–H and O–H groups in total. The fraction of sp³-hybridized carbons (Fsp3) is 0.120. The van der Waals surface area contributed by atoms with Gasteiger partial charge >= 0.3 is 0 Å². The lowest BCUT2D eigenvalue weighted by atomic mass is 10.2. The standard InChI is InChI=1S/C25H23O2S3/c1-18-4-10-21(11-5-18)28-24-16-17-25(29-24)30(22-12-6-19(26-2)7-13-22)23-14-8-20(27-3)9-15-23/h4-17H,1-3H3/q+1. The third-order valence-corrected chi connectivity index (χ3v) is 9.38. The quantitative estimate of drug-likeness (QED) is 0.274. The second-order valence-electron chi connectivity index (χ2n) is 6.65. The number of aryl methyl sites for hydroxylation is 1. The molecular weight excluding hydrogens is 428 g/mol. The SMILES string of the molecule is COc1ccc([S+](c2ccc(OC)cc2)c2ccc(Sc3ccc(C)cc3)s2)cc1. The minimum absolute atomic E-state index is 0.182. The average molecular weight is 452 g/mol. The van der Waals surface area contributed by atoms with Crippen LogP contribution in [0.1, 0.15) is 5.56 Å². The summed E-state index contributed by atoms with van der Waals surface area (Å²) in [6, 6.07) is 30.0. The number of hydrogen-bond acceptors (Lipinski definition) is 4. The first-order chi connectivity index (χ1) is 14.7. The van der Waals surface area contributed by atoms with Gasteiger partial charge in [0.25, 0.3) is 0 Å². The molecule has 5 heteroatoms. The van der Waals surface area contributed by atoms with E-state index in [-0.39, 0.29) is 10.9 Å². The van der Waals surface area contributed by atoms with Crippen LogP contribution in [0, 0.1) is 6.92 Å². The van der Waals surface area contributed by atoms with E-state index in [0.29, 0.717) is 0 Å². The monoisotopic (exact) mass is 451 g/mol. The van der Waals surface area contributed by atoms with Crippen LogP contribution in [0.5, 0.6) is 11.5 Å². The van der Waals surface area contributed by atoms with Crippen molar-refractivity contribution in [1.82, 2.24) is 0 Å². The first-order valence-electron chi connectivity index (χ1n) is 9.53. The van der Waals surface area contributed by atoms with Gasteiger partial charge in [0.15, 0.2) is 9.79 Å². The largest absolute Gasteiger partial charge is 0.497 e. The van der Waals surface area contributed by atoms with Crippen molar-refractivity contribution in [3.8, 4) is 11.5 Å². The van der Waals surface area contributed by atoms with Crippen molar-refractivity contribution in [2.75, 3.05) is 14.2 Å². The van der Waals surface area contributed by atoms with E-state index in [1.54, 1.807) is 14.2 Å². The Morgan fingerprint density at radius 1 is 0.667 bits per heavy atom. The van der Waals surface area contributed by atoms with Crippen molar-refractivity contribution in [3.05, 3.63) is 90.5 Å². The summed E-state index contributed by atoms with van der Waals surface area (Å²) in [6.45, 7) is 2.12. The van der Waals surface area contributed by atoms with Crippen LogP contribution in [0.15, 0.2) is 108 Å². The lowest BCUT2D eigenvalue weighted by Crippen LogP contribution is -2.03. The Labute approximate surface area is 189 Å². The molecule has 4 aromatic rings. The minimum Gasteiger partial charge on any atom is -0.497 e. The van der Waals surface area contributed by atoms with Gasteiger partial charge in [-0.3, -0.25) is 0 Å². The van der Waals surface area contributed by atoms with Crippen molar-refractivity contribution in [2.45, 2.75) is 30.0 Å². The first-order valence-corrected chi connectivity index (χ1v) is 12.4. The van der Waals surface area contributed by atoms with Crippen LogP contribution in [0.25, 0.3) is 0 Å². The van der Waals surface area contributed by atoms with Crippen molar-refractivity contribution in [1.29, 1.82) is 0 Å². The van der Waals surface area contributed by atoms with E-state index in [0.717, 1.165) is 11.5 Å². The summed E-state index contributed by atoms with van der Waals surface area (Å²) in [4.78, 5) is 3.81. The summed E-state index contributed by atoms with van der Waals surface area (Å²) >= 11 is 3.68. The lowest BCUT2D eigenvalue weighted by molar-refractivity contribution is 0.414. The summed E-state index contributed by atoms with van der Waals surface area (Å²) < 4.78 is 13.4. The summed E-state index contributed by atoms with van der Waals surface area (Å²) in [5.74, 6) is 1.75. The Morgan fingerprint density at radius 2 is 1.20 bits per heavy atom. The number of hydrogen-bond donors (Lipinski definition) is 0. The molecule has 0 atom stereocenters. The number of rotatable bonds is 7. The highest BCUT2D eigenvalue weighted by molar-refractivity contribution is 8.02. The fourth-order valence-corrected chi connectivity index (χ4v) is 7.91. The molecule has 0 aliphatic heterocycles. The van der Waals surface area contributed by atoms with Gasteiger partial charge in [0, 0.05) is 11.0 Å². The Balaban J connectivity index is 1.68. The minimum atomic E-state index is -0.182. The van der Waals surface area contributed by atoms with E-state index in [1.165, 1.54) is 28.7 Å². The highest BCUT2D eigenvalue weighted by atomic mass is 32.2. The molecule has 0 aliphatic carbocycles. The molecule has 152 valence electrons. The molecule has 30 heavy (non-hydrogen) atoms. The maximum Gasteiger partial charge on any atom is 0.221 e. The first kappa shape index (κ1) is 20.9. The van der Waals surface area contributed by atoms with Gasteiger partial charge in [0.05, 0.1) is 18.4 Å². The molecule has 1 heterocycles. The second kappa shape index (κ2) is 9.65. The summed E-state index contributed by atoms with van der Waals surface area (Å²) in [7, 11) is 3.22. The highest BCUT2D eigenvalue weighted by Crippen LogP contribution is 2.41. The highest BCUT2D eigenvalue weighted by Gasteiger charge is 2.31. The maximum atomic E-state index is 5.36. The predicted octanol–water partition coefficient (Wildman–Crippen LogP) is 7.32.